The second-order valence-corrected chi connectivity index (χ2v) is 4.01. The second-order valence-electron chi connectivity index (χ2n) is 4.01. The summed E-state index contributed by atoms with van der Waals surface area (Å²) in [5, 5.41) is 10.6. The molecule has 0 aromatic heterocycles. The number of nitro groups is 1. The zero-order valence-electron chi connectivity index (χ0n) is 10.6. The number of benzene rings is 2. The van der Waals surface area contributed by atoms with Crippen LogP contribution in [0.25, 0.3) is 0 Å². The number of hydrogen-bond donors (Lipinski definition) is 0. The molecule has 19 heavy (non-hydrogen) atoms. The summed E-state index contributed by atoms with van der Waals surface area (Å²) in [5.41, 5.74) is 1.07. The number of aryl methyl sites for hydroxylation is 1. The number of rotatable bonds is 4. The van der Waals surface area contributed by atoms with E-state index in [9.17, 15) is 10.1 Å². The highest BCUT2D eigenvalue weighted by Gasteiger charge is 2.08. The van der Waals surface area contributed by atoms with E-state index in [0.29, 0.717) is 17.2 Å². The highest BCUT2D eigenvalue weighted by molar-refractivity contribution is 5.46. The van der Waals surface area contributed by atoms with E-state index in [1.807, 2.05) is 25.1 Å². The molecule has 0 unspecified atom stereocenters. The average Bonchev–Trinajstić information content (AvgIpc) is 2.39. The molecule has 0 N–H and O–H groups in total. The highest BCUT2D eigenvalue weighted by atomic mass is 16.6. The Balaban J connectivity index is 2.25. The van der Waals surface area contributed by atoms with E-state index in [2.05, 4.69) is 0 Å². The number of nitro benzene ring substituents is 1. The van der Waals surface area contributed by atoms with Crippen LogP contribution in [0.5, 0.6) is 17.2 Å². The minimum absolute atomic E-state index is 0.0311. The molecular weight excluding hydrogens is 246 g/mol. The van der Waals surface area contributed by atoms with Gasteiger partial charge in [-0.2, -0.15) is 0 Å². The fraction of sp³-hybridized carbons (Fsp3) is 0.143. The molecule has 0 aliphatic rings. The Morgan fingerprint density at radius 2 is 1.74 bits per heavy atom. The van der Waals surface area contributed by atoms with Crippen LogP contribution >= 0.6 is 0 Å². The van der Waals surface area contributed by atoms with Gasteiger partial charge in [0, 0.05) is 12.1 Å². The van der Waals surface area contributed by atoms with E-state index < -0.39 is 4.92 Å². The van der Waals surface area contributed by atoms with E-state index in [0.717, 1.165) is 5.56 Å². The highest BCUT2D eigenvalue weighted by Crippen LogP contribution is 2.32. The minimum Gasteiger partial charge on any atom is -0.493 e. The maximum atomic E-state index is 10.6. The summed E-state index contributed by atoms with van der Waals surface area (Å²) in [6.07, 6.45) is 0. The maximum Gasteiger partial charge on any atom is 0.269 e. The standard InChI is InChI=1S/C14H13NO4/c1-10-3-8-13(18-2)14(9-10)19-12-6-4-11(5-7-12)15(16)17/h3-9H,1-2H3. The van der Waals surface area contributed by atoms with Gasteiger partial charge in [0.25, 0.3) is 5.69 Å². The van der Waals surface area contributed by atoms with Crippen molar-refractivity contribution in [2.75, 3.05) is 7.11 Å². The van der Waals surface area contributed by atoms with E-state index in [1.54, 1.807) is 19.2 Å². The monoisotopic (exact) mass is 259 g/mol. The van der Waals surface area contributed by atoms with Crippen molar-refractivity contribution in [2.24, 2.45) is 0 Å². The lowest BCUT2D eigenvalue weighted by molar-refractivity contribution is -0.384. The largest absolute Gasteiger partial charge is 0.493 e. The fourth-order valence-electron chi connectivity index (χ4n) is 1.63. The van der Waals surface area contributed by atoms with Crippen molar-refractivity contribution in [3.05, 3.63) is 58.1 Å². The third kappa shape index (κ3) is 3.01. The van der Waals surface area contributed by atoms with Gasteiger partial charge in [-0.3, -0.25) is 10.1 Å². The predicted octanol–water partition coefficient (Wildman–Crippen LogP) is 3.70. The number of hydrogen-bond acceptors (Lipinski definition) is 4. The molecule has 98 valence electrons. The van der Waals surface area contributed by atoms with Gasteiger partial charge in [-0.25, -0.2) is 0 Å². The normalized spacial score (nSPS) is 10.0. The lowest BCUT2D eigenvalue weighted by Crippen LogP contribution is -1.92. The third-order valence-corrected chi connectivity index (χ3v) is 2.59. The van der Waals surface area contributed by atoms with Gasteiger partial charge in [-0.15, -0.1) is 0 Å². The van der Waals surface area contributed by atoms with E-state index >= 15 is 0 Å². The molecule has 0 atom stereocenters. The first-order valence-electron chi connectivity index (χ1n) is 5.67. The quantitative estimate of drug-likeness (QED) is 0.620. The van der Waals surface area contributed by atoms with Crippen LogP contribution in [0.4, 0.5) is 5.69 Å². The van der Waals surface area contributed by atoms with Gasteiger partial charge in [0.05, 0.1) is 12.0 Å². The molecule has 0 saturated carbocycles. The first kappa shape index (κ1) is 12.9. The molecule has 0 radical (unpaired) electrons. The van der Waals surface area contributed by atoms with E-state index in [1.165, 1.54) is 12.1 Å². The molecular formula is C14H13NO4. The van der Waals surface area contributed by atoms with Crippen LogP contribution < -0.4 is 9.47 Å². The van der Waals surface area contributed by atoms with Gasteiger partial charge < -0.3 is 9.47 Å². The number of methoxy groups -OCH3 is 1. The first-order chi connectivity index (χ1) is 9.10. The second kappa shape index (κ2) is 5.39. The molecule has 5 nitrogen and oxygen atoms in total. The topological polar surface area (TPSA) is 61.6 Å². The number of nitrogens with zero attached hydrogens (tertiary/aromatic N) is 1. The Morgan fingerprint density at radius 1 is 1.05 bits per heavy atom. The van der Waals surface area contributed by atoms with Crippen molar-refractivity contribution < 1.29 is 14.4 Å². The Hall–Kier alpha value is -2.56. The van der Waals surface area contributed by atoms with Gasteiger partial charge in [0.2, 0.25) is 0 Å². The van der Waals surface area contributed by atoms with E-state index in [-0.39, 0.29) is 5.69 Å². The lowest BCUT2D eigenvalue weighted by Gasteiger charge is -2.10. The lowest BCUT2D eigenvalue weighted by atomic mass is 10.2. The molecule has 0 saturated heterocycles. The van der Waals surface area contributed by atoms with Crippen molar-refractivity contribution in [1.82, 2.24) is 0 Å². The van der Waals surface area contributed by atoms with Gasteiger partial charge >= 0.3 is 0 Å². The molecule has 0 aliphatic heterocycles. The summed E-state index contributed by atoms with van der Waals surface area (Å²) in [5.74, 6) is 1.72. The zero-order chi connectivity index (χ0) is 13.8. The van der Waals surface area contributed by atoms with Crippen molar-refractivity contribution in [1.29, 1.82) is 0 Å². The molecule has 2 aromatic carbocycles. The molecule has 2 aromatic rings. The number of non-ortho nitro benzene ring substituents is 1. The molecule has 0 spiro atoms. The summed E-state index contributed by atoms with van der Waals surface area (Å²) in [6, 6.07) is 11.5. The molecule has 5 heteroatoms. The Morgan fingerprint density at radius 3 is 2.32 bits per heavy atom. The molecule has 0 aliphatic carbocycles. The van der Waals surface area contributed by atoms with E-state index in [4.69, 9.17) is 9.47 Å². The van der Waals surface area contributed by atoms with Gasteiger partial charge in [0.1, 0.15) is 5.75 Å². The van der Waals surface area contributed by atoms with Crippen molar-refractivity contribution >= 4 is 5.69 Å². The summed E-state index contributed by atoms with van der Waals surface area (Å²) in [7, 11) is 1.56. The van der Waals surface area contributed by atoms with Crippen LogP contribution in [-0.4, -0.2) is 12.0 Å². The van der Waals surface area contributed by atoms with Crippen LogP contribution in [-0.2, 0) is 0 Å². The smallest absolute Gasteiger partial charge is 0.269 e. The number of ether oxygens (including phenoxy) is 2. The van der Waals surface area contributed by atoms with Crippen LogP contribution in [0.15, 0.2) is 42.5 Å². The van der Waals surface area contributed by atoms with Crippen LogP contribution in [0.2, 0.25) is 0 Å². The molecule has 0 amide bonds. The van der Waals surface area contributed by atoms with Crippen LogP contribution in [0.3, 0.4) is 0 Å². The SMILES string of the molecule is COc1ccc(C)cc1Oc1ccc([N+](=O)[O-])cc1. The zero-order valence-corrected chi connectivity index (χ0v) is 10.6. The molecule has 0 bridgehead atoms. The average molecular weight is 259 g/mol. The fourth-order valence-corrected chi connectivity index (χ4v) is 1.63. The summed E-state index contributed by atoms with van der Waals surface area (Å²) in [6.45, 7) is 1.95. The van der Waals surface area contributed by atoms with Crippen LogP contribution in [0.1, 0.15) is 5.56 Å². The Bertz CT molecular complexity index is 593. The summed E-state index contributed by atoms with van der Waals surface area (Å²) in [4.78, 5) is 10.1. The minimum atomic E-state index is -0.447. The van der Waals surface area contributed by atoms with Crippen molar-refractivity contribution in [3.63, 3.8) is 0 Å². The van der Waals surface area contributed by atoms with Gasteiger partial charge in [-0.05, 0) is 36.8 Å². The summed E-state index contributed by atoms with van der Waals surface area (Å²) >= 11 is 0. The van der Waals surface area contributed by atoms with Gasteiger partial charge in [-0.1, -0.05) is 6.07 Å². The molecule has 0 fully saturated rings. The molecule has 0 heterocycles. The summed E-state index contributed by atoms with van der Waals surface area (Å²) < 4.78 is 10.9. The molecule has 2 rings (SSSR count). The Labute approximate surface area is 110 Å². The van der Waals surface area contributed by atoms with Crippen molar-refractivity contribution in [3.8, 4) is 17.2 Å². The first-order valence-corrected chi connectivity index (χ1v) is 5.67. The van der Waals surface area contributed by atoms with Crippen LogP contribution in [0, 0.1) is 17.0 Å². The van der Waals surface area contributed by atoms with Crippen molar-refractivity contribution in [2.45, 2.75) is 6.92 Å². The maximum absolute atomic E-state index is 10.6. The predicted molar refractivity (Wildman–Crippen MR) is 70.9 cm³/mol. The van der Waals surface area contributed by atoms with Gasteiger partial charge in [0.15, 0.2) is 11.5 Å². The Kier molecular flexibility index (Phi) is 3.66. The third-order valence-electron chi connectivity index (χ3n) is 2.59.